The van der Waals surface area contributed by atoms with E-state index in [1.54, 1.807) is 19.1 Å². The number of amides is 1. The fraction of sp³-hybridized carbons (Fsp3) is 0.571. The van der Waals surface area contributed by atoms with Gasteiger partial charge in [0, 0.05) is 31.7 Å². The predicted octanol–water partition coefficient (Wildman–Crippen LogP) is 2.72. The van der Waals surface area contributed by atoms with E-state index >= 15 is 0 Å². The largest absolute Gasteiger partial charge is 0.466 e. The summed E-state index contributed by atoms with van der Waals surface area (Å²) >= 11 is 0. The number of guanidine groups is 1. The van der Waals surface area contributed by atoms with Crippen molar-refractivity contribution in [3.63, 3.8) is 0 Å². The van der Waals surface area contributed by atoms with E-state index in [0.29, 0.717) is 38.3 Å². The van der Waals surface area contributed by atoms with Crippen LogP contribution in [0.3, 0.4) is 0 Å². The summed E-state index contributed by atoms with van der Waals surface area (Å²) < 4.78 is 18.8. The molecule has 1 heterocycles. The molecule has 1 aromatic rings. The van der Waals surface area contributed by atoms with Gasteiger partial charge in [0.1, 0.15) is 5.82 Å². The number of carbonyl (C=O) groups excluding carboxylic acids is 2. The molecular formula is C21H32FIN4O3. The second-order valence-electron chi connectivity index (χ2n) is 6.99. The third-order valence-corrected chi connectivity index (χ3v) is 4.77. The molecule has 2 rings (SSSR count). The van der Waals surface area contributed by atoms with Gasteiger partial charge in [-0.3, -0.25) is 14.6 Å². The molecule has 0 saturated carbocycles. The highest BCUT2D eigenvalue weighted by molar-refractivity contribution is 14.0. The Kier molecular flexibility index (Phi) is 11.7. The average molecular weight is 534 g/mol. The molecule has 1 amide bonds. The maximum atomic E-state index is 13.6. The average Bonchev–Trinajstić information content (AvgIpc) is 2.72. The van der Waals surface area contributed by atoms with Crippen molar-refractivity contribution in [2.75, 3.05) is 39.3 Å². The molecule has 0 spiro atoms. The van der Waals surface area contributed by atoms with Crippen LogP contribution in [-0.2, 0) is 9.53 Å². The van der Waals surface area contributed by atoms with Crippen molar-refractivity contribution in [1.82, 2.24) is 15.5 Å². The number of benzene rings is 1. The molecule has 1 aromatic carbocycles. The summed E-state index contributed by atoms with van der Waals surface area (Å²) in [6.07, 6.45) is 1.71. The molecule has 1 atom stereocenters. The monoisotopic (exact) mass is 534 g/mol. The third kappa shape index (κ3) is 7.73. The second-order valence-corrected chi connectivity index (χ2v) is 6.99. The van der Waals surface area contributed by atoms with Crippen molar-refractivity contribution in [3.05, 3.63) is 35.1 Å². The van der Waals surface area contributed by atoms with Gasteiger partial charge in [0.15, 0.2) is 5.96 Å². The number of hydrogen-bond donors (Lipinski definition) is 2. The lowest BCUT2D eigenvalue weighted by molar-refractivity contribution is -0.149. The van der Waals surface area contributed by atoms with E-state index in [9.17, 15) is 14.0 Å². The normalized spacial score (nSPS) is 16.5. The van der Waals surface area contributed by atoms with Crippen molar-refractivity contribution in [2.45, 2.75) is 33.6 Å². The van der Waals surface area contributed by atoms with Gasteiger partial charge in [-0.25, -0.2) is 4.39 Å². The first kappa shape index (κ1) is 26.1. The number of rotatable bonds is 7. The summed E-state index contributed by atoms with van der Waals surface area (Å²) in [7, 11) is 0. The Morgan fingerprint density at radius 3 is 2.73 bits per heavy atom. The van der Waals surface area contributed by atoms with Gasteiger partial charge in [-0.2, -0.15) is 0 Å². The van der Waals surface area contributed by atoms with Gasteiger partial charge in [-0.05, 0) is 51.3 Å². The van der Waals surface area contributed by atoms with E-state index in [2.05, 4.69) is 20.5 Å². The lowest BCUT2D eigenvalue weighted by Gasteiger charge is -2.34. The minimum atomic E-state index is -0.397. The Bertz CT molecular complexity index is 745. The van der Waals surface area contributed by atoms with Gasteiger partial charge in [-0.1, -0.05) is 6.07 Å². The van der Waals surface area contributed by atoms with E-state index in [0.717, 1.165) is 25.3 Å². The first-order chi connectivity index (χ1) is 14.0. The predicted molar refractivity (Wildman–Crippen MR) is 126 cm³/mol. The lowest BCUT2D eigenvalue weighted by Crippen LogP contribution is -2.48. The number of piperidine rings is 1. The first-order valence-corrected chi connectivity index (χ1v) is 10.2. The molecule has 1 aliphatic heterocycles. The summed E-state index contributed by atoms with van der Waals surface area (Å²) in [4.78, 5) is 30.8. The standard InChI is InChI=1S/C21H31FN4O3.HI/c1-4-23-21(26-12-6-7-17(14-26)20(28)29-5-2)25-11-10-24-19(27)16-9-8-15(3)18(22)13-16;/h8-9,13,17H,4-7,10-12,14H2,1-3H3,(H,23,25)(H,24,27);1H. The van der Waals surface area contributed by atoms with Crippen LogP contribution >= 0.6 is 24.0 Å². The first-order valence-electron chi connectivity index (χ1n) is 10.2. The van der Waals surface area contributed by atoms with Crippen LogP contribution in [0, 0.1) is 18.7 Å². The van der Waals surface area contributed by atoms with Gasteiger partial charge in [0.05, 0.1) is 19.1 Å². The van der Waals surface area contributed by atoms with Gasteiger partial charge in [0.25, 0.3) is 5.91 Å². The molecule has 0 aliphatic carbocycles. The number of halogens is 2. The number of nitrogens with zero attached hydrogens (tertiary/aromatic N) is 2. The smallest absolute Gasteiger partial charge is 0.310 e. The molecule has 1 aliphatic rings. The van der Waals surface area contributed by atoms with Crippen LogP contribution in [0.5, 0.6) is 0 Å². The Hall–Kier alpha value is -1.91. The zero-order valence-electron chi connectivity index (χ0n) is 17.9. The quantitative estimate of drug-likeness (QED) is 0.185. The Morgan fingerprint density at radius 1 is 1.30 bits per heavy atom. The van der Waals surface area contributed by atoms with Crippen LogP contribution in [0.1, 0.15) is 42.6 Å². The third-order valence-electron chi connectivity index (χ3n) is 4.77. The highest BCUT2D eigenvalue weighted by atomic mass is 127. The molecule has 9 heteroatoms. The van der Waals surface area contributed by atoms with Crippen LogP contribution in [0.15, 0.2) is 23.2 Å². The fourth-order valence-corrected chi connectivity index (χ4v) is 3.22. The topological polar surface area (TPSA) is 83.0 Å². The number of hydrogen-bond acceptors (Lipinski definition) is 4. The molecule has 1 fully saturated rings. The highest BCUT2D eigenvalue weighted by Crippen LogP contribution is 2.18. The maximum Gasteiger partial charge on any atom is 0.310 e. The lowest BCUT2D eigenvalue weighted by atomic mass is 9.98. The molecule has 7 nitrogen and oxygen atoms in total. The van der Waals surface area contributed by atoms with Crippen LogP contribution in [0.2, 0.25) is 0 Å². The van der Waals surface area contributed by atoms with Crippen LogP contribution in [0.4, 0.5) is 4.39 Å². The number of esters is 1. The number of aliphatic imine (C=N–C) groups is 1. The minimum absolute atomic E-state index is 0. The Balaban J connectivity index is 0.00000450. The number of aryl methyl sites for hydroxylation is 1. The summed E-state index contributed by atoms with van der Waals surface area (Å²) in [6, 6.07) is 4.42. The van der Waals surface area contributed by atoms with E-state index in [1.165, 1.54) is 6.07 Å². The number of ether oxygens (including phenoxy) is 1. The van der Waals surface area contributed by atoms with Crippen LogP contribution in [0.25, 0.3) is 0 Å². The van der Waals surface area contributed by atoms with Crippen LogP contribution in [-0.4, -0.2) is 62.1 Å². The van der Waals surface area contributed by atoms with Crippen molar-refractivity contribution >= 4 is 41.8 Å². The van der Waals surface area contributed by atoms with Gasteiger partial charge in [-0.15, -0.1) is 24.0 Å². The van der Waals surface area contributed by atoms with Gasteiger partial charge >= 0.3 is 5.97 Å². The number of likely N-dealkylation sites (tertiary alicyclic amines) is 1. The van der Waals surface area contributed by atoms with Gasteiger partial charge in [0.2, 0.25) is 0 Å². The summed E-state index contributed by atoms with van der Waals surface area (Å²) in [5.74, 6) is -0.317. The van der Waals surface area contributed by atoms with E-state index in [1.807, 2.05) is 13.8 Å². The SMILES string of the molecule is CCNC(=NCCNC(=O)c1ccc(C)c(F)c1)N1CCCC(C(=O)OCC)C1.I. The van der Waals surface area contributed by atoms with E-state index in [4.69, 9.17) is 4.74 Å². The molecule has 168 valence electrons. The molecule has 0 bridgehead atoms. The van der Waals surface area contributed by atoms with Crippen molar-refractivity contribution in [1.29, 1.82) is 0 Å². The maximum absolute atomic E-state index is 13.6. The molecule has 2 N–H and O–H groups in total. The van der Waals surface area contributed by atoms with Gasteiger partial charge < -0.3 is 20.3 Å². The zero-order valence-corrected chi connectivity index (χ0v) is 20.2. The van der Waals surface area contributed by atoms with Crippen molar-refractivity contribution in [2.24, 2.45) is 10.9 Å². The molecule has 1 unspecified atom stereocenters. The molecule has 0 aromatic heterocycles. The second kappa shape index (κ2) is 13.4. The zero-order chi connectivity index (χ0) is 21.2. The Labute approximate surface area is 194 Å². The summed E-state index contributed by atoms with van der Waals surface area (Å²) in [5, 5.41) is 6.00. The summed E-state index contributed by atoms with van der Waals surface area (Å²) in [5.41, 5.74) is 0.793. The van der Waals surface area contributed by atoms with Crippen molar-refractivity contribution in [3.8, 4) is 0 Å². The number of nitrogens with one attached hydrogen (secondary N) is 2. The minimum Gasteiger partial charge on any atom is -0.466 e. The highest BCUT2D eigenvalue weighted by Gasteiger charge is 2.28. The van der Waals surface area contributed by atoms with Crippen molar-refractivity contribution < 1.29 is 18.7 Å². The number of carbonyl (C=O) groups is 2. The summed E-state index contributed by atoms with van der Waals surface area (Å²) in [6.45, 7) is 8.63. The molecule has 30 heavy (non-hydrogen) atoms. The fourth-order valence-electron chi connectivity index (χ4n) is 3.22. The Morgan fingerprint density at radius 2 is 2.07 bits per heavy atom. The molecule has 0 radical (unpaired) electrons. The van der Waals surface area contributed by atoms with Crippen LogP contribution < -0.4 is 10.6 Å². The van der Waals surface area contributed by atoms with E-state index < -0.39 is 5.82 Å². The molecular weight excluding hydrogens is 502 g/mol. The molecule has 1 saturated heterocycles. The van der Waals surface area contributed by atoms with E-state index in [-0.39, 0.29) is 47.3 Å².